The van der Waals surface area contributed by atoms with Gasteiger partial charge in [-0.25, -0.2) is 18.1 Å². The monoisotopic (exact) mass is 891 g/mol. The minimum Gasteiger partial charge on any atom is -0.389 e. The molecule has 0 unspecified atom stereocenters. The average molecular weight is 891 g/mol. The van der Waals surface area contributed by atoms with Crippen LogP contribution in [0.3, 0.4) is 0 Å². The summed E-state index contributed by atoms with van der Waals surface area (Å²) < 4.78 is 30.5. The van der Waals surface area contributed by atoms with Crippen LogP contribution in [0.2, 0.25) is 0 Å². The molecule has 346 valence electrons. The van der Waals surface area contributed by atoms with E-state index in [-0.39, 0.29) is 64.0 Å². The van der Waals surface area contributed by atoms with Gasteiger partial charge in [-0.15, -0.1) is 0 Å². The van der Waals surface area contributed by atoms with Crippen LogP contribution in [0.25, 0.3) is 29.6 Å². The number of benzene rings is 4. The number of allylic oxidation sites excluding steroid dienone is 2. The Kier molecular flexibility index (Phi) is 16.5. The molecule has 0 saturated heterocycles. The van der Waals surface area contributed by atoms with Gasteiger partial charge in [0.1, 0.15) is 17.7 Å². The summed E-state index contributed by atoms with van der Waals surface area (Å²) in [5, 5.41) is 31.4. The lowest BCUT2D eigenvalue weighted by atomic mass is 9.58. The molecule has 2 fully saturated rings. The first-order valence-electron chi connectivity index (χ1n) is 21.8. The Morgan fingerprint density at radius 1 is 0.636 bits per heavy atom. The van der Waals surface area contributed by atoms with Crippen LogP contribution in [0, 0.1) is 46.1 Å². The second kappa shape index (κ2) is 21.4. The van der Waals surface area contributed by atoms with Gasteiger partial charge in [0.15, 0.2) is 0 Å². The van der Waals surface area contributed by atoms with E-state index in [1.54, 1.807) is 24.3 Å². The number of aliphatic hydroxyl groups excluding tert-OH is 2. The van der Waals surface area contributed by atoms with Gasteiger partial charge < -0.3 is 10.2 Å². The lowest BCUT2D eigenvalue weighted by molar-refractivity contribution is 0.0535. The summed E-state index contributed by atoms with van der Waals surface area (Å²) in [7, 11) is 0. The molecule has 66 heavy (non-hydrogen) atoms. The van der Waals surface area contributed by atoms with Crippen LogP contribution in [0.5, 0.6) is 0 Å². The number of aromatic nitrogens is 4. The van der Waals surface area contributed by atoms with E-state index in [0.717, 1.165) is 90.8 Å². The number of fused-ring (bicyclic) bond motifs is 4. The molecular formula is C58H68F2N4O2. The van der Waals surface area contributed by atoms with E-state index in [9.17, 15) is 19.0 Å². The Bertz CT molecular complexity index is 2690. The van der Waals surface area contributed by atoms with E-state index in [4.69, 9.17) is 0 Å². The average Bonchev–Trinajstić information content (AvgIpc) is 3.89. The van der Waals surface area contributed by atoms with Crippen molar-refractivity contribution in [1.29, 1.82) is 0 Å². The fraction of sp³-hybridized carbons (Fsp3) is 0.345. The SMILES string of the molecule is C.C.C.C.C[C@]12Cc3cnn(-c4ccc(F)cc4)c3C=C1CCC[C@@H]2[C@@H](O)/C=C\c1ccccc1.C[C@]12Cc3cnn(-c4ccc(F)cc4)c3C=C1CCC[C@@H]2[C@@H](O)C#Cc1ccccc1. The quantitative estimate of drug-likeness (QED) is 0.163. The molecule has 4 aliphatic carbocycles. The van der Waals surface area contributed by atoms with E-state index in [0.29, 0.717) is 0 Å². The molecule has 6 atom stereocenters. The van der Waals surface area contributed by atoms with Crippen LogP contribution in [-0.4, -0.2) is 42.0 Å². The van der Waals surface area contributed by atoms with E-state index < -0.39 is 12.2 Å². The summed E-state index contributed by atoms with van der Waals surface area (Å²) >= 11 is 0. The zero-order valence-electron chi connectivity index (χ0n) is 35.3. The predicted molar refractivity (Wildman–Crippen MR) is 269 cm³/mol. The highest BCUT2D eigenvalue weighted by molar-refractivity contribution is 5.63. The molecule has 0 bridgehead atoms. The Hall–Kier alpha value is -6.14. The third kappa shape index (κ3) is 10.1. The molecule has 4 aliphatic rings. The Morgan fingerprint density at radius 3 is 1.59 bits per heavy atom. The van der Waals surface area contributed by atoms with E-state index in [1.807, 2.05) is 94.6 Å². The molecule has 0 amide bonds. The van der Waals surface area contributed by atoms with Crippen LogP contribution in [0.15, 0.2) is 139 Å². The smallest absolute Gasteiger partial charge is 0.123 e. The minimum atomic E-state index is -0.678. The van der Waals surface area contributed by atoms with Crippen LogP contribution in [-0.2, 0) is 12.8 Å². The summed E-state index contributed by atoms with van der Waals surface area (Å²) in [5.74, 6) is 5.98. The van der Waals surface area contributed by atoms with Gasteiger partial charge in [0.05, 0.1) is 41.3 Å². The number of rotatable bonds is 6. The lowest BCUT2D eigenvalue weighted by Crippen LogP contribution is -2.42. The Balaban J connectivity index is 0.000000233. The predicted octanol–water partition coefficient (Wildman–Crippen LogP) is 13.5. The van der Waals surface area contributed by atoms with Crippen molar-refractivity contribution in [2.45, 2.75) is 107 Å². The molecule has 2 saturated carbocycles. The van der Waals surface area contributed by atoms with Crippen LogP contribution in [0.4, 0.5) is 8.78 Å². The van der Waals surface area contributed by atoms with Crippen molar-refractivity contribution in [1.82, 2.24) is 19.6 Å². The third-order valence-electron chi connectivity index (χ3n) is 13.9. The molecule has 8 heteroatoms. The van der Waals surface area contributed by atoms with Gasteiger partial charge in [-0.3, -0.25) is 0 Å². The number of aliphatic hydroxyl groups is 2. The largest absolute Gasteiger partial charge is 0.389 e. The number of hydrogen-bond donors (Lipinski definition) is 2. The summed E-state index contributed by atoms with van der Waals surface area (Å²) in [6.45, 7) is 4.55. The van der Waals surface area contributed by atoms with Crippen LogP contribution < -0.4 is 0 Å². The minimum absolute atomic E-state index is 0. The summed E-state index contributed by atoms with van der Waals surface area (Å²) in [6.07, 6.45) is 18.9. The molecule has 10 rings (SSSR count). The van der Waals surface area contributed by atoms with Gasteiger partial charge >= 0.3 is 0 Å². The topological polar surface area (TPSA) is 76.1 Å². The first-order chi connectivity index (χ1) is 30.1. The molecular weight excluding hydrogens is 823 g/mol. The van der Waals surface area contributed by atoms with Crippen molar-refractivity contribution in [2.75, 3.05) is 0 Å². The fourth-order valence-corrected chi connectivity index (χ4v) is 10.5. The van der Waals surface area contributed by atoms with Crippen molar-refractivity contribution >= 4 is 18.2 Å². The highest BCUT2D eigenvalue weighted by atomic mass is 19.1. The summed E-state index contributed by atoms with van der Waals surface area (Å²) in [4.78, 5) is 0. The number of hydrogen-bond acceptors (Lipinski definition) is 4. The second-order valence-corrected chi connectivity index (χ2v) is 17.8. The van der Waals surface area contributed by atoms with Gasteiger partial charge in [0.25, 0.3) is 0 Å². The molecule has 0 spiro atoms. The molecule has 2 heterocycles. The Morgan fingerprint density at radius 2 is 1.09 bits per heavy atom. The van der Waals surface area contributed by atoms with Crippen molar-refractivity contribution in [3.05, 3.63) is 184 Å². The molecule has 2 aromatic heterocycles. The number of nitrogens with zero attached hydrogens (tertiary/aromatic N) is 4. The molecule has 6 aromatic rings. The molecule has 0 aliphatic heterocycles. The third-order valence-corrected chi connectivity index (χ3v) is 13.9. The zero-order valence-corrected chi connectivity index (χ0v) is 35.3. The van der Waals surface area contributed by atoms with E-state index in [1.165, 1.54) is 41.0 Å². The molecule has 2 N–H and O–H groups in total. The summed E-state index contributed by atoms with van der Waals surface area (Å²) in [6, 6.07) is 32.8. The maximum atomic E-state index is 13.4. The fourth-order valence-electron chi connectivity index (χ4n) is 10.5. The lowest BCUT2D eigenvalue weighted by Gasteiger charge is -2.47. The summed E-state index contributed by atoms with van der Waals surface area (Å²) in [5.41, 5.74) is 10.7. The van der Waals surface area contributed by atoms with Crippen LogP contribution >= 0.6 is 0 Å². The van der Waals surface area contributed by atoms with Crippen molar-refractivity contribution in [2.24, 2.45) is 22.7 Å². The molecule has 4 aromatic carbocycles. The van der Waals surface area contributed by atoms with E-state index >= 15 is 0 Å². The highest BCUT2D eigenvalue weighted by Gasteiger charge is 2.47. The first-order valence-corrected chi connectivity index (χ1v) is 21.8. The number of halogens is 2. The van der Waals surface area contributed by atoms with Gasteiger partial charge in [-0.1, -0.05) is 127 Å². The molecule has 0 radical (unpaired) electrons. The van der Waals surface area contributed by atoms with Crippen molar-refractivity contribution < 1.29 is 19.0 Å². The maximum absolute atomic E-state index is 13.4. The normalized spacial score (nSPS) is 22.0. The van der Waals surface area contributed by atoms with Crippen LogP contribution in [0.1, 0.15) is 116 Å². The second-order valence-electron chi connectivity index (χ2n) is 17.8. The Labute approximate surface area is 392 Å². The zero-order chi connectivity index (χ0) is 42.8. The van der Waals surface area contributed by atoms with Gasteiger partial charge in [-0.2, -0.15) is 10.2 Å². The maximum Gasteiger partial charge on any atom is 0.123 e. The standard InChI is InChI=1S/C27H27FN2O.C27H25FN2O.4CH4/c2*1-27-17-20-18-29-30(23-13-11-22(28)12-14-23)25(20)16-21(27)8-5-9-24(27)26(31)15-10-19-6-3-2-4-7-19;;;;/h2-4,6-7,10-16,18,24,26,31H,5,8-9,17H2,1H3;2-4,6-7,11-14,16,18,24,26,31H,5,8-9,17H2,1H3;4*1H4/b15-10-;;;;;/t2*24-,26+,27+;;;;/m11..../s1. The van der Waals surface area contributed by atoms with Gasteiger partial charge in [-0.05, 0) is 158 Å². The van der Waals surface area contributed by atoms with Gasteiger partial charge in [0, 0.05) is 11.5 Å². The van der Waals surface area contributed by atoms with Crippen molar-refractivity contribution in [3.8, 4) is 23.2 Å². The first kappa shape index (κ1) is 50.9. The highest BCUT2D eigenvalue weighted by Crippen LogP contribution is 2.53. The van der Waals surface area contributed by atoms with Crippen molar-refractivity contribution in [3.63, 3.8) is 0 Å². The molecule has 6 nitrogen and oxygen atoms in total. The van der Waals surface area contributed by atoms with Gasteiger partial charge in [0.2, 0.25) is 0 Å². The van der Waals surface area contributed by atoms with E-state index in [2.05, 4.69) is 48.0 Å².